The lowest BCUT2D eigenvalue weighted by Crippen LogP contribution is -1.90. The summed E-state index contributed by atoms with van der Waals surface area (Å²) in [5, 5.41) is 10.4. The average molecular weight is 252 g/mol. The van der Waals surface area contributed by atoms with Gasteiger partial charge in [-0.15, -0.1) is 0 Å². The number of carbonyl (C=O) groups is 1. The van der Waals surface area contributed by atoms with Crippen LogP contribution in [0.3, 0.4) is 0 Å². The molecule has 86 valence electrons. The van der Waals surface area contributed by atoms with Crippen LogP contribution in [0.15, 0.2) is 24.3 Å². The number of rotatable bonds is 3. The Labute approximate surface area is 100 Å². The fraction of sp³-hybridized carbons (Fsp3) is 0. The lowest BCUT2D eigenvalue weighted by atomic mass is 10.1. The number of H-pyrrole nitrogens is 1. The van der Waals surface area contributed by atoms with Crippen molar-refractivity contribution in [1.29, 1.82) is 0 Å². The predicted molar refractivity (Wildman–Crippen MR) is 61.1 cm³/mol. The first-order valence-electron chi connectivity index (χ1n) is 4.58. The number of nitrogens with one attached hydrogen (secondary N) is 1. The number of aldehydes is 1. The Morgan fingerprint density at radius 1 is 1.41 bits per heavy atom. The third kappa shape index (κ3) is 2.02. The van der Waals surface area contributed by atoms with Gasteiger partial charge in [-0.25, -0.2) is 4.98 Å². The molecular formula is C10H6ClN3O3. The summed E-state index contributed by atoms with van der Waals surface area (Å²) < 4.78 is 0. The molecule has 2 aromatic rings. The Bertz CT molecular complexity index is 594. The van der Waals surface area contributed by atoms with Gasteiger partial charge in [-0.2, -0.15) is 4.98 Å². The van der Waals surface area contributed by atoms with Crippen molar-refractivity contribution in [3.8, 4) is 11.4 Å². The Morgan fingerprint density at radius 3 is 2.71 bits per heavy atom. The number of carbonyl (C=O) groups excluding carboxylic acids is 1. The van der Waals surface area contributed by atoms with Crippen LogP contribution in [0.2, 0.25) is 5.15 Å². The van der Waals surface area contributed by atoms with Crippen LogP contribution in [0.25, 0.3) is 11.4 Å². The molecule has 0 bridgehead atoms. The number of aromatic nitrogens is 2. The Morgan fingerprint density at radius 2 is 2.12 bits per heavy atom. The molecule has 0 aliphatic carbocycles. The van der Waals surface area contributed by atoms with Crippen LogP contribution in [0.1, 0.15) is 10.4 Å². The number of benzene rings is 1. The van der Waals surface area contributed by atoms with Gasteiger partial charge in [-0.1, -0.05) is 29.8 Å². The normalized spacial score (nSPS) is 10.2. The molecule has 1 heterocycles. The quantitative estimate of drug-likeness (QED) is 0.515. The molecule has 0 saturated heterocycles. The Balaban J connectivity index is 2.57. The molecule has 1 N–H and O–H groups in total. The van der Waals surface area contributed by atoms with Crippen molar-refractivity contribution in [3.05, 3.63) is 45.1 Å². The number of hydrogen-bond donors (Lipinski definition) is 1. The highest BCUT2D eigenvalue weighted by atomic mass is 35.5. The topological polar surface area (TPSA) is 88.9 Å². The maximum absolute atomic E-state index is 10.8. The van der Waals surface area contributed by atoms with Crippen molar-refractivity contribution in [3.63, 3.8) is 0 Å². The van der Waals surface area contributed by atoms with Crippen molar-refractivity contribution < 1.29 is 9.72 Å². The van der Waals surface area contributed by atoms with E-state index in [4.69, 9.17) is 11.6 Å². The number of halogens is 1. The van der Waals surface area contributed by atoms with Gasteiger partial charge < -0.3 is 10.1 Å². The van der Waals surface area contributed by atoms with Crippen molar-refractivity contribution in [2.75, 3.05) is 0 Å². The zero-order chi connectivity index (χ0) is 12.4. The van der Waals surface area contributed by atoms with E-state index >= 15 is 0 Å². The van der Waals surface area contributed by atoms with Crippen molar-refractivity contribution in [2.45, 2.75) is 0 Å². The predicted octanol–water partition coefficient (Wildman–Crippen LogP) is 2.45. The molecule has 17 heavy (non-hydrogen) atoms. The van der Waals surface area contributed by atoms with Gasteiger partial charge in [0.15, 0.2) is 6.29 Å². The van der Waals surface area contributed by atoms with E-state index in [1.54, 1.807) is 24.3 Å². The van der Waals surface area contributed by atoms with Crippen LogP contribution in [-0.2, 0) is 0 Å². The molecule has 7 heteroatoms. The zero-order valence-electron chi connectivity index (χ0n) is 8.38. The Hall–Kier alpha value is -2.21. The molecule has 0 aliphatic rings. The summed E-state index contributed by atoms with van der Waals surface area (Å²) in [5.74, 6) is -0.188. The van der Waals surface area contributed by atoms with E-state index in [2.05, 4.69) is 9.97 Å². The second-order valence-electron chi connectivity index (χ2n) is 3.19. The van der Waals surface area contributed by atoms with Crippen molar-refractivity contribution in [1.82, 2.24) is 9.97 Å². The fourth-order valence-corrected chi connectivity index (χ4v) is 1.61. The van der Waals surface area contributed by atoms with E-state index in [1.165, 1.54) is 0 Å². The molecule has 6 nitrogen and oxygen atoms in total. The lowest BCUT2D eigenvalue weighted by molar-refractivity contribution is -0.389. The van der Waals surface area contributed by atoms with E-state index in [0.29, 0.717) is 17.4 Å². The molecule has 2 rings (SSSR count). The van der Waals surface area contributed by atoms with E-state index < -0.39 is 4.92 Å². The summed E-state index contributed by atoms with van der Waals surface area (Å²) in [5.41, 5.74) is 0.852. The second kappa shape index (κ2) is 4.34. The molecule has 0 saturated carbocycles. The highest BCUT2D eigenvalue weighted by Gasteiger charge is 2.20. The van der Waals surface area contributed by atoms with E-state index in [-0.39, 0.29) is 16.8 Å². The first kappa shape index (κ1) is 11.3. The van der Waals surface area contributed by atoms with Crippen LogP contribution in [0.5, 0.6) is 0 Å². The third-order valence-electron chi connectivity index (χ3n) is 2.17. The third-order valence-corrected chi connectivity index (χ3v) is 2.43. The van der Waals surface area contributed by atoms with Crippen molar-refractivity contribution in [2.24, 2.45) is 0 Å². The minimum absolute atomic E-state index is 0.199. The van der Waals surface area contributed by atoms with E-state index in [1.807, 2.05) is 0 Å². The van der Waals surface area contributed by atoms with Crippen LogP contribution in [0, 0.1) is 10.1 Å². The van der Waals surface area contributed by atoms with E-state index in [9.17, 15) is 14.9 Å². The van der Waals surface area contributed by atoms with Gasteiger partial charge in [0, 0.05) is 5.56 Å². The number of hydrogen-bond acceptors (Lipinski definition) is 4. The molecule has 0 aliphatic heterocycles. The SMILES string of the molecule is O=Cc1ccccc1-c1nc(Cl)c([N+](=O)[O-])[nH]1. The van der Waals surface area contributed by atoms with E-state index in [0.717, 1.165) is 0 Å². The van der Waals surface area contributed by atoms with Crippen LogP contribution in [-0.4, -0.2) is 21.2 Å². The molecular weight excluding hydrogens is 246 g/mol. The summed E-state index contributed by atoms with van der Waals surface area (Å²) in [6, 6.07) is 6.60. The van der Waals surface area contributed by atoms with Gasteiger partial charge in [0.25, 0.3) is 0 Å². The largest absolute Gasteiger partial charge is 0.360 e. The Kier molecular flexibility index (Phi) is 2.88. The molecule has 0 fully saturated rings. The average Bonchev–Trinajstić information content (AvgIpc) is 2.71. The standard InChI is InChI=1S/C10H6ClN3O3/c11-8-10(14(16)17)13-9(12-8)7-4-2-1-3-6(7)5-15/h1-5H,(H,12,13). The molecule has 0 unspecified atom stereocenters. The second-order valence-corrected chi connectivity index (χ2v) is 3.55. The lowest BCUT2D eigenvalue weighted by Gasteiger charge is -1.96. The van der Waals surface area contributed by atoms with Gasteiger partial charge in [-0.05, 0) is 11.0 Å². The van der Waals surface area contributed by atoms with Gasteiger partial charge in [-0.3, -0.25) is 4.79 Å². The maximum atomic E-state index is 10.8. The first-order chi connectivity index (χ1) is 8.13. The van der Waals surface area contributed by atoms with Gasteiger partial charge in [0.1, 0.15) is 0 Å². The van der Waals surface area contributed by atoms with Crippen LogP contribution < -0.4 is 0 Å². The fourth-order valence-electron chi connectivity index (χ4n) is 1.41. The molecule has 1 aromatic carbocycles. The summed E-state index contributed by atoms with van der Waals surface area (Å²) in [7, 11) is 0. The maximum Gasteiger partial charge on any atom is 0.360 e. The number of aromatic amines is 1. The van der Waals surface area contributed by atoms with Crippen molar-refractivity contribution >= 4 is 23.7 Å². The summed E-state index contributed by atoms with van der Waals surface area (Å²) in [6.07, 6.45) is 0.650. The van der Waals surface area contributed by atoms with Gasteiger partial charge in [0.05, 0.1) is 5.56 Å². The highest BCUT2D eigenvalue weighted by molar-refractivity contribution is 6.31. The number of imidazole rings is 1. The van der Waals surface area contributed by atoms with Crippen LogP contribution >= 0.6 is 11.6 Å². The minimum Gasteiger partial charge on any atom is -0.358 e. The number of nitrogens with zero attached hydrogens (tertiary/aromatic N) is 2. The number of nitro groups is 1. The first-order valence-corrected chi connectivity index (χ1v) is 4.95. The molecule has 1 aromatic heterocycles. The van der Waals surface area contributed by atoms with Crippen LogP contribution in [0.4, 0.5) is 5.82 Å². The smallest absolute Gasteiger partial charge is 0.358 e. The van der Waals surface area contributed by atoms with Gasteiger partial charge in [0.2, 0.25) is 11.0 Å². The molecule has 0 amide bonds. The molecule has 0 spiro atoms. The summed E-state index contributed by atoms with van der Waals surface area (Å²) in [4.78, 5) is 27.0. The van der Waals surface area contributed by atoms with Gasteiger partial charge >= 0.3 is 5.82 Å². The minimum atomic E-state index is -0.664. The summed E-state index contributed by atoms with van der Waals surface area (Å²) >= 11 is 5.61. The molecule has 0 atom stereocenters. The summed E-state index contributed by atoms with van der Waals surface area (Å²) in [6.45, 7) is 0. The highest BCUT2D eigenvalue weighted by Crippen LogP contribution is 2.27. The monoisotopic (exact) mass is 251 g/mol. The zero-order valence-corrected chi connectivity index (χ0v) is 9.14. The molecule has 0 radical (unpaired) electrons.